The topological polar surface area (TPSA) is 106 Å². The molecular weight excluding hydrogens is 366 g/mol. The molecule has 0 aliphatic rings. The van der Waals surface area contributed by atoms with Gasteiger partial charge in [0, 0.05) is 17.8 Å². The highest BCUT2D eigenvalue weighted by Gasteiger charge is 2.21. The first-order valence-corrected chi connectivity index (χ1v) is 9.66. The highest BCUT2D eigenvalue weighted by Crippen LogP contribution is 2.36. The summed E-state index contributed by atoms with van der Waals surface area (Å²) in [4.78, 5) is 21.2. The zero-order valence-corrected chi connectivity index (χ0v) is 17.2. The van der Waals surface area contributed by atoms with Gasteiger partial charge >= 0.3 is 12.0 Å². The van der Waals surface area contributed by atoms with E-state index in [4.69, 9.17) is 15.1 Å². The summed E-state index contributed by atoms with van der Waals surface area (Å²) in [5.74, 6) is 0.435. The molecule has 1 aromatic carbocycles. The largest absolute Gasteiger partial charge is 0.432 e. The molecule has 0 radical (unpaired) electrons. The van der Waals surface area contributed by atoms with Crippen molar-refractivity contribution in [2.75, 3.05) is 10.6 Å². The molecule has 0 aliphatic heterocycles. The molecule has 2 amide bonds. The number of urea groups is 1. The van der Waals surface area contributed by atoms with Crippen LogP contribution in [0.15, 0.2) is 41.1 Å². The van der Waals surface area contributed by atoms with Crippen LogP contribution in [0.25, 0.3) is 11.1 Å². The normalized spacial score (nSPS) is 11.0. The molecule has 2 heterocycles. The molecule has 0 atom stereocenters. The summed E-state index contributed by atoms with van der Waals surface area (Å²) in [6.45, 7) is 8.56. The minimum atomic E-state index is -0.453. The maximum absolute atomic E-state index is 12.6. The number of carbonyl (C=O) groups excluding carboxylic acids is 1. The van der Waals surface area contributed by atoms with E-state index < -0.39 is 6.03 Å². The molecule has 0 aliphatic carbocycles. The lowest BCUT2D eigenvalue weighted by atomic mass is 9.92. The summed E-state index contributed by atoms with van der Waals surface area (Å²) in [5.41, 5.74) is 12.5. The van der Waals surface area contributed by atoms with Gasteiger partial charge in [0.05, 0.1) is 17.6 Å². The summed E-state index contributed by atoms with van der Waals surface area (Å²) in [6, 6.07) is 7.85. The predicted octanol–water partition coefficient (Wildman–Crippen LogP) is 4.65. The van der Waals surface area contributed by atoms with Crippen molar-refractivity contribution in [2.24, 2.45) is 11.7 Å². The Morgan fingerprint density at radius 1 is 1.17 bits per heavy atom. The van der Waals surface area contributed by atoms with Crippen molar-refractivity contribution in [3.8, 4) is 11.1 Å². The molecule has 0 unspecified atom stereocenters. The molecule has 0 spiro atoms. The Bertz CT molecular complexity index is 979. The number of nitrogens with zero attached hydrogens (tertiary/aromatic N) is 2. The van der Waals surface area contributed by atoms with E-state index in [0.717, 1.165) is 40.1 Å². The minimum Gasteiger partial charge on any atom is -0.432 e. The van der Waals surface area contributed by atoms with Gasteiger partial charge in [-0.05, 0) is 37.3 Å². The summed E-state index contributed by atoms with van der Waals surface area (Å²) >= 11 is 0. The second-order valence-electron chi connectivity index (χ2n) is 7.46. The van der Waals surface area contributed by atoms with Crippen LogP contribution in [-0.4, -0.2) is 16.0 Å². The summed E-state index contributed by atoms with van der Waals surface area (Å²) in [7, 11) is 0. The van der Waals surface area contributed by atoms with E-state index in [1.807, 2.05) is 38.1 Å². The van der Waals surface area contributed by atoms with Crippen LogP contribution in [0.4, 0.5) is 16.5 Å². The number of aromatic nitrogens is 2. The quantitative estimate of drug-likeness (QED) is 0.565. The van der Waals surface area contributed by atoms with Gasteiger partial charge in [0.2, 0.25) is 0 Å². The molecule has 0 bridgehead atoms. The third-order valence-electron chi connectivity index (χ3n) is 4.60. The molecule has 0 saturated heterocycles. The number of nitrogens with two attached hydrogens (primary N) is 1. The first kappa shape index (κ1) is 20.5. The van der Waals surface area contributed by atoms with E-state index in [1.54, 1.807) is 0 Å². The van der Waals surface area contributed by atoms with Crippen LogP contribution in [-0.2, 0) is 13.0 Å². The molecule has 152 valence electrons. The second kappa shape index (κ2) is 8.87. The number of amides is 2. The highest BCUT2D eigenvalue weighted by atomic mass is 16.4. The van der Waals surface area contributed by atoms with Gasteiger partial charge in [-0.25, -0.2) is 9.78 Å². The first-order chi connectivity index (χ1) is 13.9. The van der Waals surface area contributed by atoms with E-state index in [1.165, 1.54) is 12.5 Å². The van der Waals surface area contributed by atoms with E-state index in [-0.39, 0.29) is 6.01 Å². The smallest absolute Gasteiger partial charge is 0.327 e. The molecule has 29 heavy (non-hydrogen) atoms. The van der Waals surface area contributed by atoms with E-state index in [9.17, 15) is 4.79 Å². The van der Waals surface area contributed by atoms with Gasteiger partial charge < -0.3 is 15.5 Å². The summed E-state index contributed by atoms with van der Waals surface area (Å²) in [6.07, 6.45) is 3.68. The number of anilines is 2. The SMILES string of the molecule is Cc1ccc(-c2c(CN)c(CC(C)C)nc(C)c2NC(=O)Nc2ncco2)cc1. The Morgan fingerprint density at radius 2 is 1.90 bits per heavy atom. The lowest BCUT2D eigenvalue weighted by Crippen LogP contribution is -2.22. The Morgan fingerprint density at radius 3 is 2.48 bits per heavy atom. The van der Waals surface area contributed by atoms with Crippen molar-refractivity contribution in [3.63, 3.8) is 0 Å². The van der Waals surface area contributed by atoms with Crippen LogP contribution in [0.3, 0.4) is 0 Å². The van der Waals surface area contributed by atoms with Gasteiger partial charge in [0.1, 0.15) is 6.26 Å². The number of rotatable bonds is 6. The Labute approximate surface area is 170 Å². The zero-order valence-electron chi connectivity index (χ0n) is 17.2. The monoisotopic (exact) mass is 393 g/mol. The third kappa shape index (κ3) is 4.81. The van der Waals surface area contributed by atoms with Gasteiger partial charge in [0.15, 0.2) is 0 Å². The number of benzene rings is 1. The molecular formula is C22H27N5O2. The van der Waals surface area contributed by atoms with Crippen molar-refractivity contribution in [2.45, 2.75) is 40.7 Å². The Kier molecular flexibility index (Phi) is 6.29. The van der Waals surface area contributed by atoms with Gasteiger partial charge in [-0.15, -0.1) is 0 Å². The average Bonchev–Trinajstić information content (AvgIpc) is 3.17. The molecule has 3 aromatic rings. The van der Waals surface area contributed by atoms with E-state index in [2.05, 4.69) is 29.5 Å². The molecule has 7 heteroatoms. The molecule has 0 saturated carbocycles. The van der Waals surface area contributed by atoms with Crippen LogP contribution in [0.5, 0.6) is 0 Å². The molecule has 7 nitrogen and oxygen atoms in total. The van der Waals surface area contributed by atoms with Gasteiger partial charge in [-0.3, -0.25) is 10.3 Å². The number of hydrogen-bond acceptors (Lipinski definition) is 5. The predicted molar refractivity (Wildman–Crippen MR) is 115 cm³/mol. The lowest BCUT2D eigenvalue weighted by molar-refractivity contribution is 0.261. The summed E-state index contributed by atoms with van der Waals surface area (Å²) < 4.78 is 5.09. The Hall–Kier alpha value is -3.19. The molecule has 3 rings (SSSR count). The number of carbonyl (C=O) groups is 1. The highest BCUT2D eigenvalue weighted by molar-refractivity contribution is 6.02. The van der Waals surface area contributed by atoms with Crippen molar-refractivity contribution in [1.82, 2.24) is 9.97 Å². The van der Waals surface area contributed by atoms with E-state index in [0.29, 0.717) is 18.2 Å². The number of nitrogens with one attached hydrogen (secondary N) is 2. The van der Waals surface area contributed by atoms with Crippen LogP contribution in [0.1, 0.15) is 36.4 Å². The first-order valence-electron chi connectivity index (χ1n) is 9.66. The van der Waals surface area contributed by atoms with Crippen molar-refractivity contribution in [3.05, 3.63) is 59.2 Å². The fourth-order valence-electron chi connectivity index (χ4n) is 3.30. The average molecular weight is 393 g/mol. The maximum atomic E-state index is 12.6. The van der Waals surface area contributed by atoms with Gasteiger partial charge in [-0.2, -0.15) is 0 Å². The van der Waals surface area contributed by atoms with Crippen molar-refractivity contribution < 1.29 is 9.21 Å². The standard InChI is InChI=1S/C22H27N5O2/c1-13(2)11-18-17(12-23)19(16-7-5-14(3)6-8-16)20(15(4)25-18)26-21(28)27-22-24-9-10-29-22/h5-10,13H,11-12,23H2,1-4H3,(H2,24,26,27,28). The number of aryl methyl sites for hydroxylation is 2. The molecule has 0 fully saturated rings. The third-order valence-corrected chi connectivity index (χ3v) is 4.60. The lowest BCUT2D eigenvalue weighted by Gasteiger charge is -2.21. The minimum absolute atomic E-state index is 0.125. The summed E-state index contributed by atoms with van der Waals surface area (Å²) in [5, 5.41) is 5.50. The second-order valence-corrected chi connectivity index (χ2v) is 7.46. The number of pyridine rings is 1. The van der Waals surface area contributed by atoms with Crippen LogP contribution >= 0.6 is 0 Å². The zero-order chi connectivity index (χ0) is 21.0. The van der Waals surface area contributed by atoms with E-state index >= 15 is 0 Å². The van der Waals surface area contributed by atoms with Gasteiger partial charge in [-0.1, -0.05) is 43.7 Å². The fourth-order valence-corrected chi connectivity index (χ4v) is 3.30. The molecule has 2 aromatic heterocycles. The molecule has 4 N–H and O–H groups in total. The van der Waals surface area contributed by atoms with Crippen LogP contribution in [0, 0.1) is 19.8 Å². The maximum Gasteiger partial charge on any atom is 0.327 e. The van der Waals surface area contributed by atoms with Crippen LogP contribution < -0.4 is 16.4 Å². The fraction of sp³-hybridized carbons (Fsp3) is 0.318. The Balaban J connectivity index is 2.10. The van der Waals surface area contributed by atoms with Crippen molar-refractivity contribution >= 4 is 17.7 Å². The van der Waals surface area contributed by atoms with Crippen molar-refractivity contribution in [1.29, 1.82) is 0 Å². The van der Waals surface area contributed by atoms with Gasteiger partial charge in [0.25, 0.3) is 0 Å². The van der Waals surface area contributed by atoms with Crippen LogP contribution in [0.2, 0.25) is 0 Å². The number of hydrogen-bond donors (Lipinski definition) is 3. The number of oxazole rings is 1.